The first kappa shape index (κ1) is 56.8. The molecule has 0 saturated heterocycles. The summed E-state index contributed by atoms with van der Waals surface area (Å²) in [6.45, 7) is 4.51. The molecule has 0 aliphatic heterocycles. The van der Waals surface area contributed by atoms with Crippen molar-refractivity contribution in [2.24, 2.45) is 0 Å². The molecule has 344 valence electrons. The first-order chi connectivity index (χ1) is 29.1. The van der Waals surface area contributed by atoms with E-state index in [1.165, 1.54) is 57.8 Å². The van der Waals surface area contributed by atoms with Gasteiger partial charge in [0, 0.05) is 19.3 Å². The van der Waals surface area contributed by atoms with Gasteiger partial charge in [0.15, 0.2) is 6.10 Å². The Bertz CT molecular complexity index is 1210. The number of nitrogens with zero attached hydrogens (tertiary/aromatic N) is 1. The van der Waals surface area contributed by atoms with Crippen molar-refractivity contribution >= 4 is 17.9 Å². The molecule has 8 heteroatoms. The molecule has 0 saturated carbocycles. The topological polar surface area (TPSA) is 102 Å². The number of carbonyl (C=O) groups excluding carboxylic acids is 3. The van der Waals surface area contributed by atoms with Crippen LogP contribution in [0.4, 0.5) is 0 Å². The number of likely N-dealkylation sites (N-methyl/N-ethyl adjacent to an activating group) is 1. The number of carboxylic acid groups (broad SMARTS) is 1. The Morgan fingerprint density at radius 2 is 0.933 bits per heavy atom. The van der Waals surface area contributed by atoms with Crippen LogP contribution in [0.3, 0.4) is 0 Å². The second-order valence-corrected chi connectivity index (χ2v) is 17.0. The number of aliphatic carboxylic acids is 1. The number of quaternary nitrogens is 1. The molecule has 0 aromatic rings. The van der Waals surface area contributed by atoms with E-state index in [2.05, 4.69) is 86.8 Å². The maximum atomic E-state index is 12.7. The summed E-state index contributed by atoms with van der Waals surface area (Å²) in [6, 6.07) is -0.733. The van der Waals surface area contributed by atoms with Gasteiger partial charge in [-0.15, -0.1) is 0 Å². The van der Waals surface area contributed by atoms with Gasteiger partial charge in [0.1, 0.15) is 12.6 Å². The normalized spacial score (nSPS) is 13.6. The van der Waals surface area contributed by atoms with Crippen molar-refractivity contribution < 1.29 is 38.2 Å². The third-order valence-electron chi connectivity index (χ3n) is 10.3. The van der Waals surface area contributed by atoms with Crippen molar-refractivity contribution in [3.63, 3.8) is 0 Å². The third-order valence-corrected chi connectivity index (χ3v) is 10.3. The average Bonchev–Trinajstić information content (AvgIpc) is 3.21. The summed E-state index contributed by atoms with van der Waals surface area (Å²) in [7, 11) is 5.40. The Morgan fingerprint density at radius 1 is 0.517 bits per heavy atom. The van der Waals surface area contributed by atoms with Gasteiger partial charge in [0.25, 0.3) is 0 Å². The van der Waals surface area contributed by atoms with E-state index in [0.29, 0.717) is 12.8 Å². The van der Waals surface area contributed by atoms with E-state index in [1.807, 2.05) is 0 Å². The lowest BCUT2D eigenvalue weighted by molar-refractivity contribution is -0.889. The molecule has 0 radical (unpaired) electrons. The highest BCUT2D eigenvalue weighted by atomic mass is 16.6. The summed E-state index contributed by atoms with van der Waals surface area (Å²) < 4.78 is 17.2. The van der Waals surface area contributed by atoms with Gasteiger partial charge in [-0.3, -0.25) is 9.59 Å². The standard InChI is InChI=1S/C52H89NO7/c1-6-8-10-12-14-16-18-20-22-23-24-25-26-27-28-29-31-32-34-36-38-40-42-50(54)59-47-48(46-58-45-44-49(52(56)57)53(3,4)5)60-51(55)43-41-39-37-35-33-30-21-19-17-15-13-11-9-7-2/h8,10,14,16,20,22,24-25,27-28,30,33,48-49H,6-7,9,11-13,15,17-19,21,23,26,29,31-32,34-47H2,1-5H3/b10-8+,16-14+,22-20+,25-24+,28-27+,33-30+. The van der Waals surface area contributed by atoms with Crippen LogP contribution in [0, 0.1) is 0 Å². The van der Waals surface area contributed by atoms with Crippen molar-refractivity contribution in [2.75, 3.05) is 41.0 Å². The second kappa shape index (κ2) is 42.5. The highest BCUT2D eigenvalue weighted by Crippen LogP contribution is 2.13. The van der Waals surface area contributed by atoms with E-state index in [0.717, 1.165) is 96.3 Å². The van der Waals surface area contributed by atoms with Gasteiger partial charge in [0.2, 0.25) is 0 Å². The van der Waals surface area contributed by atoms with Crippen molar-refractivity contribution in [3.8, 4) is 0 Å². The molecule has 0 N–H and O–H groups in total. The molecule has 0 fully saturated rings. The average molecular weight is 840 g/mol. The highest BCUT2D eigenvalue weighted by Gasteiger charge is 2.25. The summed E-state index contributed by atoms with van der Waals surface area (Å²) in [5, 5.41) is 11.6. The van der Waals surface area contributed by atoms with Crippen molar-refractivity contribution in [1.82, 2.24) is 0 Å². The lowest BCUT2D eigenvalue weighted by Crippen LogP contribution is -2.55. The SMILES string of the molecule is CC/C=C/C/C=C/C/C=C/C/C=C/C/C=C/CCCCCCCCC(=O)OCC(COCCC(C(=O)[O-])[N+](C)(C)C)OC(=O)CCCCC/C=C/CCCCCCCCC. The number of esters is 2. The van der Waals surface area contributed by atoms with Crippen molar-refractivity contribution in [1.29, 1.82) is 0 Å². The van der Waals surface area contributed by atoms with Gasteiger partial charge in [0.05, 0.1) is 40.3 Å². The van der Waals surface area contributed by atoms with E-state index < -0.39 is 18.1 Å². The molecule has 0 aliphatic carbocycles. The smallest absolute Gasteiger partial charge is 0.306 e. The Labute approximate surface area is 368 Å². The lowest BCUT2D eigenvalue weighted by atomic mass is 10.1. The van der Waals surface area contributed by atoms with Crippen LogP contribution in [0.5, 0.6) is 0 Å². The molecule has 60 heavy (non-hydrogen) atoms. The molecule has 0 spiro atoms. The number of carbonyl (C=O) groups is 3. The summed E-state index contributed by atoms with van der Waals surface area (Å²) in [6.07, 6.45) is 53.5. The predicted molar refractivity (Wildman–Crippen MR) is 249 cm³/mol. The fourth-order valence-corrected chi connectivity index (χ4v) is 6.62. The number of hydrogen-bond donors (Lipinski definition) is 0. The molecule has 0 aromatic heterocycles. The van der Waals surface area contributed by atoms with Crippen LogP contribution in [0.25, 0.3) is 0 Å². The number of hydrogen-bond acceptors (Lipinski definition) is 7. The predicted octanol–water partition coefficient (Wildman–Crippen LogP) is 12.2. The largest absolute Gasteiger partial charge is 0.544 e. The Morgan fingerprint density at radius 3 is 1.42 bits per heavy atom. The first-order valence-electron chi connectivity index (χ1n) is 24.0. The highest BCUT2D eigenvalue weighted by molar-refractivity contribution is 5.70. The van der Waals surface area contributed by atoms with Crippen LogP contribution in [0.2, 0.25) is 0 Å². The fourth-order valence-electron chi connectivity index (χ4n) is 6.62. The maximum absolute atomic E-state index is 12.7. The number of unbranched alkanes of at least 4 members (excludes halogenated alkanes) is 16. The van der Waals surface area contributed by atoms with Crippen LogP contribution in [-0.2, 0) is 28.6 Å². The zero-order chi connectivity index (χ0) is 44.2. The summed E-state index contributed by atoms with van der Waals surface area (Å²) >= 11 is 0. The molecule has 0 aliphatic rings. The Balaban J connectivity index is 4.32. The first-order valence-corrected chi connectivity index (χ1v) is 24.0. The van der Waals surface area contributed by atoms with Gasteiger partial charge in [-0.25, -0.2) is 0 Å². The summed E-state index contributed by atoms with van der Waals surface area (Å²) in [5.74, 6) is -1.78. The Hall–Kier alpha value is -3.23. The van der Waals surface area contributed by atoms with Crippen molar-refractivity contribution in [3.05, 3.63) is 72.9 Å². The van der Waals surface area contributed by atoms with Crippen molar-refractivity contribution in [2.45, 2.75) is 199 Å². The molecule has 0 rings (SSSR count). The van der Waals surface area contributed by atoms with E-state index in [-0.39, 0.29) is 42.7 Å². The molecular formula is C52H89NO7. The summed E-state index contributed by atoms with van der Waals surface area (Å²) in [4.78, 5) is 36.9. The molecule has 8 nitrogen and oxygen atoms in total. The van der Waals surface area contributed by atoms with Gasteiger partial charge in [-0.05, 0) is 83.5 Å². The molecule has 0 aromatic carbocycles. The van der Waals surface area contributed by atoms with Gasteiger partial charge in [-0.1, -0.05) is 157 Å². The minimum atomic E-state index is -1.13. The molecule has 0 heterocycles. The monoisotopic (exact) mass is 840 g/mol. The molecule has 0 amide bonds. The zero-order valence-corrected chi connectivity index (χ0v) is 39.1. The number of carboxylic acids is 1. The summed E-state index contributed by atoms with van der Waals surface area (Å²) in [5.41, 5.74) is 0. The quantitative estimate of drug-likeness (QED) is 0.0261. The fraction of sp³-hybridized carbons (Fsp3) is 0.712. The van der Waals surface area contributed by atoms with E-state index in [9.17, 15) is 19.5 Å². The zero-order valence-electron chi connectivity index (χ0n) is 39.1. The van der Waals surface area contributed by atoms with Crippen LogP contribution >= 0.6 is 0 Å². The van der Waals surface area contributed by atoms with Gasteiger partial charge >= 0.3 is 11.9 Å². The van der Waals surface area contributed by atoms with Crippen LogP contribution in [0.15, 0.2) is 72.9 Å². The third kappa shape index (κ3) is 40.2. The lowest BCUT2D eigenvalue weighted by Gasteiger charge is -2.34. The maximum Gasteiger partial charge on any atom is 0.306 e. The van der Waals surface area contributed by atoms with E-state index >= 15 is 0 Å². The number of ether oxygens (including phenoxy) is 3. The number of rotatable bonds is 42. The van der Waals surface area contributed by atoms with Crippen LogP contribution in [0.1, 0.15) is 187 Å². The molecule has 0 bridgehead atoms. The van der Waals surface area contributed by atoms with E-state index in [4.69, 9.17) is 14.2 Å². The number of allylic oxidation sites excluding steroid dienone is 12. The minimum Gasteiger partial charge on any atom is -0.544 e. The Kier molecular flexibility index (Phi) is 40.2. The van der Waals surface area contributed by atoms with Gasteiger partial charge < -0.3 is 28.6 Å². The molecular weight excluding hydrogens is 751 g/mol. The van der Waals surface area contributed by atoms with Gasteiger partial charge in [-0.2, -0.15) is 0 Å². The molecule has 2 atom stereocenters. The van der Waals surface area contributed by atoms with E-state index in [1.54, 1.807) is 21.1 Å². The molecule has 2 unspecified atom stereocenters. The van der Waals surface area contributed by atoms with Crippen LogP contribution < -0.4 is 5.11 Å². The van der Waals surface area contributed by atoms with Crippen LogP contribution in [-0.4, -0.2) is 75.5 Å². The minimum absolute atomic E-state index is 0.0269. The second-order valence-electron chi connectivity index (χ2n) is 17.0.